The van der Waals surface area contributed by atoms with Crippen molar-refractivity contribution >= 4 is 57.2 Å². The van der Waals surface area contributed by atoms with Gasteiger partial charge in [-0.3, -0.25) is 9.48 Å². The molecule has 0 spiro atoms. The second kappa shape index (κ2) is 9.98. The first-order valence-electron chi connectivity index (χ1n) is 11.2. The van der Waals surface area contributed by atoms with E-state index in [1.54, 1.807) is 4.90 Å². The first kappa shape index (κ1) is 25.2. The van der Waals surface area contributed by atoms with Crippen molar-refractivity contribution in [3.05, 3.63) is 40.1 Å². The molecular formula is C22H27N5NaO5S. The second-order valence-electron chi connectivity index (χ2n) is 8.69. The minimum atomic E-state index is -4.26. The molecule has 1 radical (unpaired) electrons. The van der Waals surface area contributed by atoms with Crippen LogP contribution in [0.1, 0.15) is 45.6 Å². The molecule has 1 aromatic carbocycles. The summed E-state index contributed by atoms with van der Waals surface area (Å²) >= 11 is 0. The van der Waals surface area contributed by atoms with Crippen molar-refractivity contribution in [2.45, 2.75) is 43.6 Å². The van der Waals surface area contributed by atoms with Crippen LogP contribution in [0.3, 0.4) is 0 Å². The van der Waals surface area contributed by atoms with Crippen LogP contribution in [-0.2, 0) is 47.5 Å². The minimum Gasteiger partial charge on any atom is -0.378 e. The average Bonchev–Trinajstić information content (AvgIpc) is 3.53. The number of carbonyl (C=O) groups is 2. The molecular weight excluding hydrogens is 469 g/mol. The zero-order valence-corrected chi connectivity index (χ0v) is 22.3. The Morgan fingerprint density at radius 3 is 2.24 bits per heavy atom. The van der Waals surface area contributed by atoms with Crippen LogP contribution >= 0.6 is 0 Å². The summed E-state index contributed by atoms with van der Waals surface area (Å²) in [7, 11) is -2.76. The van der Waals surface area contributed by atoms with E-state index in [1.165, 1.54) is 28.9 Å². The van der Waals surface area contributed by atoms with E-state index in [-0.39, 0.29) is 46.2 Å². The Hall–Kier alpha value is -1.92. The molecule has 1 aliphatic heterocycles. The standard InChI is InChI=1S/C22H27N5O5S.Na/c1-26-18(21(28)27-8-10-32-11-9-27)13-19(24-26)33(30,31)25-22(29)23-20-16-6-2-4-14(16)12-15-5-3-7-17(15)20;/h12-13H,2-11H2,1H3,(H2,23,25,29);. The van der Waals surface area contributed by atoms with E-state index in [0.717, 1.165) is 55.3 Å². The minimum absolute atomic E-state index is 0. The van der Waals surface area contributed by atoms with Crippen molar-refractivity contribution in [1.82, 2.24) is 19.4 Å². The topological polar surface area (TPSA) is 123 Å². The fourth-order valence-electron chi connectivity index (χ4n) is 4.98. The molecule has 3 amide bonds. The van der Waals surface area contributed by atoms with Crippen LogP contribution < -0.4 is 10.0 Å². The zero-order chi connectivity index (χ0) is 23.2. The molecule has 1 fully saturated rings. The van der Waals surface area contributed by atoms with Crippen LogP contribution in [0.15, 0.2) is 17.2 Å². The van der Waals surface area contributed by atoms with E-state index < -0.39 is 16.1 Å². The number of carbonyl (C=O) groups excluding carboxylic acids is 2. The fourth-order valence-corrected chi connectivity index (χ4v) is 5.88. The van der Waals surface area contributed by atoms with Gasteiger partial charge >= 0.3 is 6.03 Å². The molecule has 1 saturated heterocycles. The van der Waals surface area contributed by atoms with Crippen LogP contribution in [0.4, 0.5) is 10.5 Å². The molecule has 34 heavy (non-hydrogen) atoms. The van der Waals surface area contributed by atoms with Crippen molar-refractivity contribution in [3.63, 3.8) is 0 Å². The SMILES string of the molecule is Cn1nc(S(=O)(=O)NC(=O)Nc2c3c(cc4c2CCC4)CCC3)cc1C(=O)N1CCOCC1.[Na]. The predicted molar refractivity (Wildman–Crippen MR) is 126 cm³/mol. The van der Waals surface area contributed by atoms with Crippen molar-refractivity contribution in [2.24, 2.45) is 7.05 Å². The molecule has 0 saturated carbocycles. The van der Waals surface area contributed by atoms with Crippen molar-refractivity contribution in [2.75, 3.05) is 31.6 Å². The normalized spacial score (nSPS) is 17.0. The van der Waals surface area contributed by atoms with Crippen LogP contribution in [0.2, 0.25) is 0 Å². The molecule has 177 valence electrons. The molecule has 0 bridgehead atoms. The number of hydrogen-bond acceptors (Lipinski definition) is 6. The predicted octanol–water partition coefficient (Wildman–Crippen LogP) is 1.000. The van der Waals surface area contributed by atoms with E-state index in [2.05, 4.69) is 21.2 Å². The number of amides is 3. The number of anilines is 1. The second-order valence-corrected chi connectivity index (χ2v) is 10.3. The van der Waals surface area contributed by atoms with Gasteiger partial charge in [0, 0.05) is 61.4 Å². The zero-order valence-electron chi connectivity index (χ0n) is 19.5. The summed E-state index contributed by atoms with van der Waals surface area (Å²) in [6, 6.07) is 2.62. The molecule has 3 aliphatic rings. The van der Waals surface area contributed by atoms with Crippen molar-refractivity contribution in [1.29, 1.82) is 0 Å². The smallest absolute Gasteiger partial charge is 0.333 e. The maximum absolute atomic E-state index is 12.9. The summed E-state index contributed by atoms with van der Waals surface area (Å²) in [5.41, 5.74) is 5.60. The number of morpholine rings is 1. The Kier molecular flexibility index (Phi) is 7.39. The Labute approximate surface area is 220 Å². The molecule has 12 heteroatoms. The summed E-state index contributed by atoms with van der Waals surface area (Å²) in [5.74, 6) is -0.324. The molecule has 2 aliphatic carbocycles. The molecule has 1 aromatic heterocycles. The Balaban J connectivity index is 0.00000274. The largest absolute Gasteiger partial charge is 0.378 e. The van der Waals surface area contributed by atoms with E-state index in [0.29, 0.717) is 26.3 Å². The molecule has 0 atom stereocenters. The van der Waals surface area contributed by atoms with Gasteiger partial charge in [-0.15, -0.1) is 0 Å². The number of aryl methyl sites for hydroxylation is 3. The number of urea groups is 1. The Bertz CT molecular complexity index is 1200. The molecule has 5 rings (SSSR count). The summed E-state index contributed by atoms with van der Waals surface area (Å²) in [6.07, 6.45) is 5.76. The number of rotatable bonds is 4. The number of sulfonamides is 1. The van der Waals surface area contributed by atoms with Gasteiger partial charge in [-0.05, 0) is 60.8 Å². The maximum Gasteiger partial charge on any atom is 0.333 e. The number of ether oxygens (including phenoxy) is 1. The summed E-state index contributed by atoms with van der Waals surface area (Å²) in [6.45, 7) is 1.73. The molecule has 0 unspecified atom stereocenters. The number of fused-ring (bicyclic) bond motifs is 2. The Morgan fingerprint density at radius 1 is 1.00 bits per heavy atom. The van der Waals surface area contributed by atoms with Crippen LogP contribution in [0, 0.1) is 0 Å². The third-order valence-corrected chi connectivity index (χ3v) is 7.79. The van der Waals surface area contributed by atoms with Crippen molar-refractivity contribution < 1.29 is 22.7 Å². The van der Waals surface area contributed by atoms with Crippen LogP contribution in [0.25, 0.3) is 0 Å². The first-order valence-corrected chi connectivity index (χ1v) is 12.7. The quantitative estimate of drug-likeness (QED) is 0.609. The van der Waals surface area contributed by atoms with Gasteiger partial charge in [0.15, 0.2) is 5.03 Å². The van der Waals surface area contributed by atoms with E-state index in [1.807, 2.05) is 0 Å². The molecule has 2 heterocycles. The van der Waals surface area contributed by atoms with Gasteiger partial charge in [-0.1, -0.05) is 6.07 Å². The Morgan fingerprint density at radius 2 is 1.62 bits per heavy atom. The summed E-state index contributed by atoms with van der Waals surface area (Å²) in [5, 5.41) is 6.42. The van der Waals surface area contributed by atoms with E-state index in [4.69, 9.17) is 4.74 Å². The molecule has 2 aromatic rings. The summed E-state index contributed by atoms with van der Waals surface area (Å²) in [4.78, 5) is 27.1. The number of nitrogens with zero attached hydrogens (tertiary/aromatic N) is 3. The van der Waals surface area contributed by atoms with Crippen LogP contribution in [0.5, 0.6) is 0 Å². The van der Waals surface area contributed by atoms with Gasteiger partial charge in [-0.2, -0.15) is 13.5 Å². The van der Waals surface area contributed by atoms with Gasteiger partial charge in [0.2, 0.25) is 0 Å². The molecule has 10 nitrogen and oxygen atoms in total. The first-order chi connectivity index (χ1) is 15.8. The average molecular weight is 497 g/mol. The molecule has 2 N–H and O–H groups in total. The van der Waals surface area contributed by atoms with Crippen molar-refractivity contribution in [3.8, 4) is 0 Å². The van der Waals surface area contributed by atoms with E-state index >= 15 is 0 Å². The third kappa shape index (κ3) is 4.76. The van der Waals surface area contributed by atoms with Gasteiger partial charge < -0.3 is 15.0 Å². The van der Waals surface area contributed by atoms with Crippen LogP contribution in [-0.4, -0.2) is 90.9 Å². The number of aromatic nitrogens is 2. The van der Waals surface area contributed by atoms with Gasteiger partial charge in [0.25, 0.3) is 15.9 Å². The van der Waals surface area contributed by atoms with Gasteiger partial charge in [0.1, 0.15) is 5.69 Å². The monoisotopic (exact) mass is 496 g/mol. The third-order valence-electron chi connectivity index (χ3n) is 6.59. The number of nitrogens with one attached hydrogen (secondary N) is 2. The number of hydrogen-bond donors (Lipinski definition) is 2. The van der Waals surface area contributed by atoms with Gasteiger partial charge in [-0.25, -0.2) is 9.52 Å². The number of benzene rings is 1. The summed E-state index contributed by atoms with van der Waals surface area (Å²) < 4.78 is 34.3. The maximum atomic E-state index is 12.9. The van der Waals surface area contributed by atoms with E-state index in [9.17, 15) is 18.0 Å². The fraction of sp³-hybridized carbons (Fsp3) is 0.500. The van der Waals surface area contributed by atoms with Gasteiger partial charge in [0.05, 0.1) is 13.2 Å².